The summed E-state index contributed by atoms with van der Waals surface area (Å²) >= 11 is 5.32. The third-order valence-electron chi connectivity index (χ3n) is 4.56. The van der Waals surface area contributed by atoms with Gasteiger partial charge in [-0.2, -0.15) is 0 Å². The predicted octanol–water partition coefficient (Wildman–Crippen LogP) is 4.14. The first kappa shape index (κ1) is 22.6. The van der Waals surface area contributed by atoms with Crippen molar-refractivity contribution in [3.8, 4) is 34.5 Å². The lowest BCUT2D eigenvalue weighted by Crippen LogP contribution is -2.22. The lowest BCUT2D eigenvalue weighted by atomic mass is 10.2. The molecule has 0 spiro atoms. The lowest BCUT2D eigenvalue weighted by molar-refractivity contribution is 0.240. The van der Waals surface area contributed by atoms with E-state index < -0.39 is 5.82 Å². The summed E-state index contributed by atoms with van der Waals surface area (Å²) in [5, 5.41) is 4.47. The summed E-state index contributed by atoms with van der Waals surface area (Å²) in [6, 6.07) is 8.32. The van der Waals surface area contributed by atoms with E-state index in [1.807, 2.05) is 18.0 Å². The van der Waals surface area contributed by atoms with E-state index in [-0.39, 0.29) is 10.6 Å². The van der Waals surface area contributed by atoms with Crippen LogP contribution in [0.5, 0.6) is 23.0 Å². The Morgan fingerprint density at radius 3 is 2.19 bits per heavy atom. The molecule has 0 aliphatic carbocycles. The standard InChI is InChI=1S/C21H24FN3O5S/c1-24(11-13-6-7-16(26-2)15(22)8-13)12-25-21(31)30-20(23-25)14-9-17(27-3)19(29-5)18(10-14)28-4/h6-10H,11-12H2,1-5H3. The summed E-state index contributed by atoms with van der Waals surface area (Å²) in [4.78, 5) is 2.13. The minimum Gasteiger partial charge on any atom is -0.494 e. The number of aromatic nitrogens is 2. The fourth-order valence-electron chi connectivity index (χ4n) is 3.12. The van der Waals surface area contributed by atoms with Gasteiger partial charge >= 0.3 is 0 Å². The zero-order chi connectivity index (χ0) is 22.5. The van der Waals surface area contributed by atoms with Crippen molar-refractivity contribution in [2.24, 2.45) is 0 Å². The second kappa shape index (κ2) is 9.80. The van der Waals surface area contributed by atoms with Crippen LogP contribution in [0, 0.1) is 10.7 Å². The molecule has 3 aromatic rings. The molecule has 0 atom stereocenters. The summed E-state index contributed by atoms with van der Waals surface area (Å²) < 4.78 is 42.2. The van der Waals surface area contributed by atoms with Crippen molar-refractivity contribution in [3.05, 3.63) is 46.5 Å². The molecule has 0 fully saturated rings. The molecule has 10 heteroatoms. The molecule has 0 bridgehead atoms. The first-order valence-corrected chi connectivity index (χ1v) is 9.70. The number of benzene rings is 2. The first-order chi connectivity index (χ1) is 14.9. The summed E-state index contributed by atoms with van der Waals surface area (Å²) in [6.07, 6.45) is 0. The SMILES string of the molecule is COc1ccc(CN(C)Cn2nc(-c3cc(OC)c(OC)c(OC)c3)oc2=S)cc1F. The molecule has 0 saturated heterocycles. The molecule has 0 unspecified atom stereocenters. The Bertz CT molecular complexity index is 1090. The highest BCUT2D eigenvalue weighted by Crippen LogP contribution is 2.40. The van der Waals surface area contributed by atoms with Gasteiger partial charge in [0.25, 0.3) is 4.84 Å². The maximum Gasteiger partial charge on any atom is 0.288 e. The topological polar surface area (TPSA) is 71.1 Å². The smallest absolute Gasteiger partial charge is 0.288 e. The summed E-state index contributed by atoms with van der Waals surface area (Å²) in [5.74, 6) is 1.54. The van der Waals surface area contributed by atoms with Crippen LogP contribution in [-0.4, -0.2) is 50.2 Å². The Morgan fingerprint density at radius 1 is 1.00 bits per heavy atom. The van der Waals surface area contributed by atoms with Crippen molar-refractivity contribution in [3.63, 3.8) is 0 Å². The van der Waals surface area contributed by atoms with Crippen LogP contribution in [0.25, 0.3) is 11.5 Å². The number of hydrogen-bond donors (Lipinski definition) is 0. The molecule has 0 saturated carbocycles. The number of ether oxygens (including phenoxy) is 4. The Hall–Kier alpha value is -3.11. The molecule has 0 radical (unpaired) electrons. The van der Waals surface area contributed by atoms with Crippen LogP contribution >= 0.6 is 12.2 Å². The average molecular weight is 450 g/mol. The van der Waals surface area contributed by atoms with E-state index in [2.05, 4.69) is 5.10 Å². The van der Waals surface area contributed by atoms with E-state index in [9.17, 15) is 4.39 Å². The highest BCUT2D eigenvalue weighted by Gasteiger charge is 2.18. The van der Waals surface area contributed by atoms with Crippen LogP contribution in [-0.2, 0) is 13.2 Å². The highest BCUT2D eigenvalue weighted by molar-refractivity contribution is 7.71. The zero-order valence-electron chi connectivity index (χ0n) is 18.0. The van der Waals surface area contributed by atoms with Gasteiger partial charge in [-0.05, 0) is 49.1 Å². The predicted molar refractivity (Wildman–Crippen MR) is 115 cm³/mol. The molecule has 2 aromatic carbocycles. The molecular formula is C21H24FN3O5S. The van der Waals surface area contributed by atoms with Gasteiger partial charge in [0.1, 0.15) is 0 Å². The average Bonchev–Trinajstić information content (AvgIpc) is 3.12. The van der Waals surface area contributed by atoms with Gasteiger partial charge in [-0.3, -0.25) is 4.90 Å². The molecule has 8 nitrogen and oxygen atoms in total. The molecule has 1 aromatic heterocycles. The van der Waals surface area contributed by atoms with Crippen molar-refractivity contribution < 1.29 is 27.8 Å². The summed E-state index contributed by atoms with van der Waals surface area (Å²) in [6.45, 7) is 0.829. The monoisotopic (exact) mass is 449 g/mol. The largest absolute Gasteiger partial charge is 0.494 e. The van der Waals surface area contributed by atoms with Crippen LogP contribution in [0.2, 0.25) is 0 Å². The van der Waals surface area contributed by atoms with Gasteiger partial charge in [-0.15, -0.1) is 5.10 Å². The molecule has 0 aliphatic rings. The molecular weight excluding hydrogens is 425 g/mol. The second-order valence-electron chi connectivity index (χ2n) is 6.71. The number of methoxy groups -OCH3 is 4. The van der Waals surface area contributed by atoms with Crippen molar-refractivity contribution in [1.82, 2.24) is 14.7 Å². The Balaban J connectivity index is 1.81. The van der Waals surface area contributed by atoms with Crippen LogP contribution in [0.15, 0.2) is 34.7 Å². The van der Waals surface area contributed by atoms with E-state index in [0.717, 1.165) is 5.56 Å². The maximum atomic E-state index is 13.9. The maximum absolute atomic E-state index is 13.9. The van der Waals surface area contributed by atoms with Gasteiger partial charge in [0.2, 0.25) is 11.6 Å². The van der Waals surface area contributed by atoms with Gasteiger partial charge in [0.05, 0.1) is 35.1 Å². The van der Waals surface area contributed by atoms with Crippen molar-refractivity contribution >= 4 is 12.2 Å². The summed E-state index contributed by atoms with van der Waals surface area (Å²) in [7, 11) is 7.91. The fraction of sp³-hybridized carbons (Fsp3) is 0.333. The van der Waals surface area contributed by atoms with Gasteiger partial charge in [0.15, 0.2) is 23.1 Å². The lowest BCUT2D eigenvalue weighted by Gasteiger charge is -2.16. The van der Waals surface area contributed by atoms with Crippen LogP contribution in [0.4, 0.5) is 4.39 Å². The Morgan fingerprint density at radius 2 is 1.65 bits per heavy atom. The van der Waals surface area contributed by atoms with E-state index in [1.54, 1.807) is 22.9 Å². The molecule has 0 N–H and O–H groups in total. The van der Waals surface area contributed by atoms with E-state index in [1.165, 1.54) is 34.5 Å². The molecule has 0 amide bonds. The van der Waals surface area contributed by atoms with Crippen molar-refractivity contribution in [2.45, 2.75) is 13.2 Å². The Kier molecular flexibility index (Phi) is 7.13. The minimum absolute atomic E-state index is 0.205. The third-order valence-corrected chi connectivity index (χ3v) is 4.86. The normalized spacial score (nSPS) is 10.9. The molecule has 31 heavy (non-hydrogen) atoms. The van der Waals surface area contributed by atoms with Gasteiger partial charge in [0, 0.05) is 12.1 Å². The molecule has 0 aliphatic heterocycles. The Labute approximate surface area is 184 Å². The number of hydrogen-bond acceptors (Lipinski definition) is 8. The highest BCUT2D eigenvalue weighted by atomic mass is 32.1. The number of halogens is 1. The molecule has 1 heterocycles. The quantitative estimate of drug-likeness (QED) is 0.452. The first-order valence-electron chi connectivity index (χ1n) is 9.29. The van der Waals surface area contributed by atoms with Crippen LogP contribution in [0.3, 0.4) is 0 Å². The van der Waals surface area contributed by atoms with E-state index in [4.69, 9.17) is 35.6 Å². The second-order valence-corrected chi connectivity index (χ2v) is 7.06. The fourth-order valence-corrected chi connectivity index (χ4v) is 3.29. The van der Waals surface area contributed by atoms with Crippen LogP contribution in [0.1, 0.15) is 5.56 Å². The van der Waals surface area contributed by atoms with E-state index >= 15 is 0 Å². The number of nitrogens with zero attached hydrogens (tertiary/aromatic N) is 3. The van der Waals surface area contributed by atoms with Gasteiger partial charge in [-0.25, -0.2) is 9.07 Å². The minimum atomic E-state index is -0.406. The van der Waals surface area contributed by atoms with Gasteiger partial charge in [-0.1, -0.05) is 6.07 Å². The van der Waals surface area contributed by atoms with Crippen molar-refractivity contribution in [1.29, 1.82) is 0 Å². The molecule has 166 valence electrons. The van der Waals surface area contributed by atoms with Crippen LogP contribution < -0.4 is 18.9 Å². The molecule has 3 rings (SSSR count). The number of rotatable bonds is 9. The summed E-state index contributed by atoms with van der Waals surface area (Å²) in [5.41, 5.74) is 1.42. The third kappa shape index (κ3) is 4.97. The van der Waals surface area contributed by atoms with E-state index in [0.29, 0.717) is 41.9 Å². The van der Waals surface area contributed by atoms with Crippen molar-refractivity contribution in [2.75, 3.05) is 35.5 Å². The van der Waals surface area contributed by atoms with Gasteiger partial charge < -0.3 is 23.4 Å². The zero-order valence-corrected chi connectivity index (χ0v) is 18.8.